The van der Waals surface area contributed by atoms with Gasteiger partial charge in [-0.3, -0.25) is 9.59 Å². The van der Waals surface area contributed by atoms with E-state index in [4.69, 9.17) is 0 Å². The van der Waals surface area contributed by atoms with Crippen molar-refractivity contribution in [2.24, 2.45) is 0 Å². The highest BCUT2D eigenvalue weighted by Crippen LogP contribution is 2.22. The van der Waals surface area contributed by atoms with Crippen molar-refractivity contribution in [3.05, 3.63) is 34.9 Å². The van der Waals surface area contributed by atoms with Crippen LogP contribution in [0.15, 0.2) is 18.2 Å². The van der Waals surface area contributed by atoms with E-state index in [-0.39, 0.29) is 5.56 Å². The molecule has 0 N–H and O–H groups in total. The minimum absolute atomic E-state index is 0.136. The molecule has 0 aliphatic carbocycles. The number of alkyl halides is 2. The highest BCUT2D eigenvalue weighted by molar-refractivity contribution is 6.15. The van der Waals surface area contributed by atoms with Gasteiger partial charge in [0, 0.05) is 12.5 Å². The highest BCUT2D eigenvalue weighted by atomic mass is 19.3. The molecule has 0 aromatic heterocycles. The van der Waals surface area contributed by atoms with Gasteiger partial charge in [-0.25, -0.2) is 0 Å². The maximum Gasteiger partial charge on any atom is 0.366 e. The first-order chi connectivity index (χ1) is 7.26. The fourth-order valence-corrected chi connectivity index (χ4v) is 1.22. The van der Waals surface area contributed by atoms with Crippen molar-refractivity contribution in [1.29, 1.82) is 0 Å². The Kier molecular flexibility index (Phi) is 3.21. The van der Waals surface area contributed by atoms with Gasteiger partial charge in [0.25, 0.3) is 0 Å². The molecule has 0 heterocycles. The van der Waals surface area contributed by atoms with E-state index in [9.17, 15) is 18.4 Å². The number of hydrogen-bond donors (Lipinski definition) is 0. The molecule has 0 atom stereocenters. The summed E-state index contributed by atoms with van der Waals surface area (Å²) in [7, 11) is 0. The van der Waals surface area contributed by atoms with Gasteiger partial charge in [-0.15, -0.1) is 0 Å². The largest absolute Gasteiger partial charge is 0.366 e. The lowest BCUT2D eigenvalue weighted by molar-refractivity contribution is -0.134. The van der Waals surface area contributed by atoms with E-state index >= 15 is 0 Å². The molecule has 0 aliphatic heterocycles. The fraction of sp³-hybridized carbons (Fsp3) is 0.333. The zero-order valence-electron chi connectivity index (χ0n) is 9.30. The van der Waals surface area contributed by atoms with Gasteiger partial charge in [0.1, 0.15) is 0 Å². The van der Waals surface area contributed by atoms with E-state index < -0.39 is 17.5 Å². The molecule has 0 radical (unpaired) electrons. The van der Waals surface area contributed by atoms with Crippen LogP contribution >= 0.6 is 0 Å². The van der Waals surface area contributed by atoms with Crippen LogP contribution in [-0.4, -0.2) is 17.5 Å². The van der Waals surface area contributed by atoms with Crippen LogP contribution in [-0.2, 0) is 4.79 Å². The second-order valence-electron chi connectivity index (χ2n) is 3.76. The van der Waals surface area contributed by atoms with Crippen molar-refractivity contribution in [2.75, 3.05) is 0 Å². The second kappa shape index (κ2) is 4.12. The second-order valence-corrected chi connectivity index (χ2v) is 3.76. The average molecular weight is 226 g/mol. The molecule has 0 unspecified atom stereocenters. The molecule has 0 fully saturated rings. The first-order valence-corrected chi connectivity index (χ1v) is 4.77. The lowest BCUT2D eigenvalue weighted by Crippen LogP contribution is -2.36. The van der Waals surface area contributed by atoms with E-state index in [2.05, 4.69) is 0 Å². The van der Waals surface area contributed by atoms with E-state index in [1.807, 2.05) is 6.92 Å². The summed E-state index contributed by atoms with van der Waals surface area (Å²) >= 11 is 0. The Labute approximate surface area is 92.3 Å². The standard InChI is InChI=1S/C12H12F2O2/c1-7-4-5-10(6-8(7)2)11(16)12(13,14)9(3)15/h4-6H,1-3H3. The maximum atomic E-state index is 13.2. The lowest BCUT2D eigenvalue weighted by Gasteiger charge is -2.12. The molecule has 0 spiro atoms. The van der Waals surface area contributed by atoms with Crippen LogP contribution in [0.4, 0.5) is 8.78 Å². The SMILES string of the molecule is CC(=O)C(F)(F)C(=O)c1ccc(C)c(C)c1. The van der Waals surface area contributed by atoms with Gasteiger partial charge in [0.2, 0.25) is 11.6 Å². The molecule has 1 rings (SSSR count). The minimum Gasteiger partial charge on any atom is -0.293 e. The monoisotopic (exact) mass is 226 g/mol. The van der Waals surface area contributed by atoms with Crippen LogP contribution < -0.4 is 0 Å². The third kappa shape index (κ3) is 2.15. The van der Waals surface area contributed by atoms with Crippen LogP contribution in [0.3, 0.4) is 0 Å². The summed E-state index contributed by atoms with van der Waals surface area (Å²) in [5.41, 5.74) is 1.51. The van der Waals surface area contributed by atoms with Gasteiger partial charge in [-0.1, -0.05) is 12.1 Å². The fourth-order valence-electron chi connectivity index (χ4n) is 1.22. The number of rotatable bonds is 3. The van der Waals surface area contributed by atoms with E-state index in [1.165, 1.54) is 12.1 Å². The summed E-state index contributed by atoms with van der Waals surface area (Å²) < 4.78 is 26.3. The van der Waals surface area contributed by atoms with Crippen molar-refractivity contribution < 1.29 is 18.4 Å². The number of carbonyl (C=O) groups excluding carboxylic acids is 2. The van der Waals surface area contributed by atoms with Crippen molar-refractivity contribution in [2.45, 2.75) is 26.7 Å². The maximum absolute atomic E-state index is 13.2. The van der Waals surface area contributed by atoms with Crippen LogP contribution in [0.25, 0.3) is 0 Å². The molecule has 16 heavy (non-hydrogen) atoms. The van der Waals surface area contributed by atoms with Crippen molar-refractivity contribution in [1.82, 2.24) is 0 Å². The zero-order chi connectivity index (χ0) is 12.5. The molecule has 2 nitrogen and oxygen atoms in total. The van der Waals surface area contributed by atoms with Gasteiger partial charge in [0.05, 0.1) is 0 Å². The Balaban J connectivity index is 3.15. The van der Waals surface area contributed by atoms with Gasteiger partial charge < -0.3 is 0 Å². The molecule has 0 bridgehead atoms. The zero-order valence-corrected chi connectivity index (χ0v) is 9.30. The summed E-state index contributed by atoms with van der Waals surface area (Å²) in [6.07, 6.45) is 0. The van der Waals surface area contributed by atoms with Gasteiger partial charge in [-0.05, 0) is 31.0 Å². The molecule has 0 saturated heterocycles. The molecule has 0 aliphatic rings. The average Bonchev–Trinajstić information content (AvgIpc) is 2.20. The summed E-state index contributed by atoms with van der Waals surface area (Å²) in [6.45, 7) is 4.24. The Morgan fingerprint density at radius 3 is 2.12 bits per heavy atom. The normalized spacial score (nSPS) is 11.3. The Bertz CT molecular complexity index is 450. The van der Waals surface area contributed by atoms with Gasteiger partial charge in [0.15, 0.2) is 0 Å². The van der Waals surface area contributed by atoms with Crippen LogP contribution in [0, 0.1) is 13.8 Å². The van der Waals surface area contributed by atoms with Crippen LogP contribution in [0.2, 0.25) is 0 Å². The summed E-state index contributed by atoms with van der Waals surface area (Å²) in [4.78, 5) is 22.1. The molecule has 1 aromatic rings. The highest BCUT2D eigenvalue weighted by Gasteiger charge is 2.44. The van der Waals surface area contributed by atoms with Crippen molar-refractivity contribution in [3.63, 3.8) is 0 Å². The number of aryl methyl sites for hydroxylation is 2. The third-order valence-electron chi connectivity index (χ3n) is 2.50. The molecular formula is C12H12F2O2. The van der Waals surface area contributed by atoms with Crippen molar-refractivity contribution in [3.8, 4) is 0 Å². The lowest BCUT2D eigenvalue weighted by atomic mass is 9.99. The predicted molar refractivity (Wildman–Crippen MR) is 55.9 cm³/mol. The van der Waals surface area contributed by atoms with Crippen LogP contribution in [0.1, 0.15) is 28.4 Å². The summed E-state index contributed by atoms with van der Waals surface area (Å²) in [6, 6.07) is 4.26. The molecule has 4 heteroatoms. The molecular weight excluding hydrogens is 214 g/mol. The number of ketones is 2. The van der Waals surface area contributed by atoms with Gasteiger partial charge >= 0.3 is 5.92 Å². The summed E-state index contributed by atoms with van der Waals surface area (Å²) in [5, 5.41) is 0. The molecule has 0 saturated carbocycles. The molecule has 0 amide bonds. The minimum atomic E-state index is -3.93. The predicted octanol–water partition coefficient (Wildman–Crippen LogP) is 2.71. The number of Topliss-reactive ketones (excluding diaryl/α,β-unsaturated/α-hetero) is 2. The first kappa shape index (κ1) is 12.5. The Morgan fingerprint density at radius 1 is 1.12 bits per heavy atom. The smallest absolute Gasteiger partial charge is 0.293 e. The topological polar surface area (TPSA) is 34.1 Å². The first-order valence-electron chi connectivity index (χ1n) is 4.77. The molecule has 86 valence electrons. The number of halogens is 2. The number of hydrogen-bond acceptors (Lipinski definition) is 2. The Hall–Kier alpha value is -1.58. The summed E-state index contributed by atoms with van der Waals surface area (Å²) in [5.74, 6) is -6.80. The quantitative estimate of drug-likeness (QED) is 0.586. The third-order valence-corrected chi connectivity index (χ3v) is 2.50. The number of carbonyl (C=O) groups is 2. The van der Waals surface area contributed by atoms with E-state index in [0.717, 1.165) is 11.1 Å². The van der Waals surface area contributed by atoms with E-state index in [0.29, 0.717) is 6.92 Å². The number of benzene rings is 1. The molecule has 1 aromatic carbocycles. The van der Waals surface area contributed by atoms with Crippen molar-refractivity contribution >= 4 is 11.6 Å². The van der Waals surface area contributed by atoms with Gasteiger partial charge in [-0.2, -0.15) is 8.78 Å². The van der Waals surface area contributed by atoms with Crippen LogP contribution in [0.5, 0.6) is 0 Å². The Morgan fingerprint density at radius 2 is 1.69 bits per heavy atom. The van der Waals surface area contributed by atoms with E-state index in [1.54, 1.807) is 13.0 Å².